The van der Waals surface area contributed by atoms with Crippen molar-refractivity contribution in [3.8, 4) is 5.75 Å². The summed E-state index contributed by atoms with van der Waals surface area (Å²) in [5, 5.41) is 0. The quantitative estimate of drug-likeness (QED) is 0.622. The molecule has 0 atom stereocenters. The molecule has 1 aliphatic rings. The zero-order valence-corrected chi connectivity index (χ0v) is 17.8. The second-order valence-electron chi connectivity index (χ2n) is 6.84. The summed E-state index contributed by atoms with van der Waals surface area (Å²) in [6, 6.07) is 21.9. The Hall–Kier alpha value is -2.70. The average molecular weight is 424 g/mol. The molecule has 0 radical (unpaired) electrons. The van der Waals surface area contributed by atoms with Crippen LogP contribution >= 0.6 is 11.8 Å². The lowest BCUT2D eigenvalue weighted by molar-refractivity contribution is 0.404. The SMILES string of the molecule is COc1cccc2c1SCc1ccccc1C2=Cc1cccc(NS(C)(=O)=O)c1. The highest BCUT2D eigenvalue weighted by atomic mass is 32.2. The largest absolute Gasteiger partial charge is 0.496 e. The van der Waals surface area contributed by atoms with Crippen LogP contribution in [0.4, 0.5) is 5.69 Å². The Morgan fingerprint density at radius 3 is 2.55 bits per heavy atom. The predicted molar refractivity (Wildman–Crippen MR) is 121 cm³/mol. The fraction of sp³-hybridized carbons (Fsp3) is 0.130. The normalized spacial score (nSPS) is 14.6. The maximum atomic E-state index is 11.6. The van der Waals surface area contributed by atoms with Crippen LogP contribution < -0.4 is 9.46 Å². The number of benzene rings is 3. The van der Waals surface area contributed by atoms with Crippen LogP contribution in [0.3, 0.4) is 0 Å². The molecule has 0 bridgehead atoms. The van der Waals surface area contributed by atoms with Crippen molar-refractivity contribution in [3.63, 3.8) is 0 Å². The van der Waals surface area contributed by atoms with E-state index in [0.29, 0.717) is 5.69 Å². The minimum Gasteiger partial charge on any atom is -0.496 e. The topological polar surface area (TPSA) is 55.4 Å². The lowest BCUT2D eigenvalue weighted by Crippen LogP contribution is -2.09. The summed E-state index contributed by atoms with van der Waals surface area (Å²) >= 11 is 1.77. The zero-order valence-electron chi connectivity index (χ0n) is 16.2. The fourth-order valence-electron chi connectivity index (χ4n) is 3.47. The molecule has 0 spiro atoms. The molecule has 1 heterocycles. The Balaban J connectivity index is 1.90. The third-order valence-corrected chi connectivity index (χ3v) is 6.44. The van der Waals surface area contributed by atoms with Crippen molar-refractivity contribution in [2.75, 3.05) is 18.1 Å². The van der Waals surface area contributed by atoms with E-state index in [-0.39, 0.29) is 0 Å². The Morgan fingerprint density at radius 1 is 1.00 bits per heavy atom. The van der Waals surface area contributed by atoms with Gasteiger partial charge in [0.25, 0.3) is 0 Å². The van der Waals surface area contributed by atoms with E-state index in [9.17, 15) is 8.42 Å². The highest BCUT2D eigenvalue weighted by molar-refractivity contribution is 7.98. The maximum Gasteiger partial charge on any atom is 0.229 e. The molecule has 3 aromatic carbocycles. The van der Waals surface area contributed by atoms with Crippen LogP contribution in [0.1, 0.15) is 22.3 Å². The number of hydrogen-bond donors (Lipinski definition) is 1. The minimum absolute atomic E-state index is 0.545. The summed E-state index contributed by atoms with van der Waals surface area (Å²) in [4.78, 5) is 1.11. The number of ether oxygens (including phenoxy) is 1. The molecule has 0 unspecified atom stereocenters. The number of fused-ring (bicyclic) bond motifs is 2. The smallest absolute Gasteiger partial charge is 0.229 e. The third-order valence-electron chi connectivity index (χ3n) is 4.67. The van der Waals surface area contributed by atoms with Crippen LogP contribution in [0.2, 0.25) is 0 Å². The van der Waals surface area contributed by atoms with E-state index in [4.69, 9.17) is 4.74 Å². The molecule has 29 heavy (non-hydrogen) atoms. The molecule has 6 heteroatoms. The van der Waals surface area contributed by atoms with Crippen molar-refractivity contribution in [1.82, 2.24) is 0 Å². The molecule has 1 N–H and O–H groups in total. The van der Waals surface area contributed by atoms with Gasteiger partial charge in [0.15, 0.2) is 0 Å². The zero-order chi connectivity index (χ0) is 20.4. The number of thioether (sulfide) groups is 1. The number of methoxy groups -OCH3 is 1. The van der Waals surface area contributed by atoms with E-state index in [2.05, 4.69) is 35.1 Å². The van der Waals surface area contributed by atoms with Crippen molar-refractivity contribution in [2.24, 2.45) is 0 Å². The molecule has 0 amide bonds. The molecule has 148 valence electrons. The second kappa shape index (κ2) is 7.97. The predicted octanol–water partition coefficient (Wildman–Crippen LogP) is 5.26. The fourth-order valence-corrected chi connectivity index (χ4v) is 5.20. The van der Waals surface area contributed by atoms with E-state index < -0.39 is 10.0 Å². The van der Waals surface area contributed by atoms with Crippen LogP contribution in [0.15, 0.2) is 71.6 Å². The molecule has 0 saturated carbocycles. The van der Waals surface area contributed by atoms with Gasteiger partial charge in [-0.3, -0.25) is 4.72 Å². The summed E-state index contributed by atoms with van der Waals surface area (Å²) in [5.74, 6) is 1.72. The van der Waals surface area contributed by atoms with Crippen LogP contribution in [0.5, 0.6) is 5.75 Å². The molecular weight excluding hydrogens is 402 g/mol. The lowest BCUT2D eigenvalue weighted by Gasteiger charge is -2.14. The third kappa shape index (κ3) is 4.33. The minimum atomic E-state index is -3.33. The molecule has 0 saturated heterocycles. The van der Waals surface area contributed by atoms with E-state index in [1.54, 1.807) is 24.9 Å². The van der Waals surface area contributed by atoms with Gasteiger partial charge in [-0.05, 0) is 52.1 Å². The lowest BCUT2D eigenvalue weighted by atomic mass is 9.92. The van der Waals surface area contributed by atoms with Gasteiger partial charge in [-0.25, -0.2) is 8.42 Å². The summed E-state index contributed by atoms with van der Waals surface area (Å²) in [6.45, 7) is 0. The van der Waals surface area contributed by atoms with Gasteiger partial charge >= 0.3 is 0 Å². The van der Waals surface area contributed by atoms with Crippen LogP contribution in [-0.4, -0.2) is 21.8 Å². The first-order valence-corrected chi connectivity index (χ1v) is 12.0. The number of hydrogen-bond acceptors (Lipinski definition) is 4. The van der Waals surface area contributed by atoms with Gasteiger partial charge in [0.05, 0.1) is 18.3 Å². The number of anilines is 1. The summed E-state index contributed by atoms with van der Waals surface area (Å²) < 4.78 is 31.4. The van der Waals surface area contributed by atoms with Gasteiger partial charge in [0.2, 0.25) is 10.0 Å². The molecular formula is C23H21NO3S2. The molecule has 0 aliphatic carbocycles. The van der Waals surface area contributed by atoms with E-state index in [1.807, 2.05) is 36.4 Å². The molecule has 0 fully saturated rings. The van der Waals surface area contributed by atoms with Crippen molar-refractivity contribution in [1.29, 1.82) is 0 Å². The van der Waals surface area contributed by atoms with Gasteiger partial charge < -0.3 is 4.74 Å². The van der Waals surface area contributed by atoms with E-state index in [1.165, 1.54) is 11.1 Å². The van der Waals surface area contributed by atoms with Gasteiger partial charge in [0, 0.05) is 11.4 Å². The molecule has 4 rings (SSSR count). The van der Waals surface area contributed by atoms with Crippen molar-refractivity contribution in [2.45, 2.75) is 10.6 Å². The number of sulfonamides is 1. The molecule has 0 aromatic heterocycles. The van der Waals surface area contributed by atoms with Crippen LogP contribution in [0, 0.1) is 0 Å². The summed E-state index contributed by atoms with van der Waals surface area (Å²) in [5.41, 5.74) is 6.10. The Morgan fingerprint density at radius 2 is 1.76 bits per heavy atom. The molecule has 4 nitrogen and oxygen atoms in total. The highest BCUT2D eigenvalue weighted by Gasteiger charge is 2.21. The average Bonchev–Trinajstić information content (AvgIpc) is 2.84. The first kappa shape index (κ1) is 19.6. The second-order valence-corrected chi connectivity index (χ2v) is 9.57. The number of rotatable bonds is 4. The molecule has 3 aromatic rings. The van der Waals surface area contributed by atoms with Crippen molar-refractivity contribution in [3.05, 3.63) is 89.0 Å². The van der Waals surface area contributed by atoms with Gasteiger partial charge in [-0.15, -0.1) is 11.8 Å². The van der Waals surface area contributed by atoms with Gasteiger partial charge in [-0.1, -0.05) is 48.5 Å². The Kier molecular flexibility index (Phi) is 5.39. The summed E-state index contributed by atoms with van der Waals surface area (Å²) in [6.07, 6.45) is 3.26. The maximum absolute atomic E-state index is 11.6. The first-order chi connectivity index (χ1) is 13.9. The summed E-state index contributed by atoms with van der Waals surface area (Å²) in [7, 11) is -1.64. The van der Waals surface area contributed by atoms with E-state index in [0.717, 1.165) is 39.4 Å². The van der Waals surface area contributed by atoms with Gasteiger partial charge in [0.1, 0.15) is 5.75 Å². The standard InChI is InChI=1S/C23H21NO3S2/c1-27-22-12-6-11-20-21(19-10-4-3-8-17(19)15-28-23(20)22)14-16-7-5-9-18(13-16)24-29(2,25)26/h3-14,24H,15H2,1-2H3. The Labute approximate surface area is 175 Å². The Bertz CT molecular complexity index is 1200. The van der Waals surface area contributed by atoms with Crippen LogP contribution in [-0.2, 0) is 15.8 Å². The van der Waals surface area contributed by atoms with Crippen molar-refractivity contribution < 1.29 is 13.2 Å². The number of nitrogens with one attached hydrogen (secondary N) is 1. The monoisotopic (exact) mass is 423 g/mol. The van der Waals surface area contributed by atoms with Crippen LogP contribution in [0.25, 0.3) is 11.6 Å². The van der Waals surface area contributed by atoms with E-state index >= 15 is 0 Å². The molecule has 1 aliphatic heterocycles. The highest BCUT2D eigenvalue weighted by Crippen LogP contribution is 2.45. The first-order valence-electron chi connectivity index (χ1n) is 9.12. The van der Waals surface area contributed by atoms with Crippen molar-refractivity contribution >= 4 is 39.1 Å². The van der Waals surface area contributed by atoms with Gasteiger partial charge in [-0.2, -0.15) is 0 Å².